The summed E-state index contributed by atoms with van der Waals surface area (Å²) in [5.41, 5.74) is 3.36. The fourth-order valence-corrected chi connectivity index (χ4v) is 3.54. The first kappa shape index (κ1) is 18.9. The number of aryl methyl sites for hydroxylation is 1. The maximum atomic E-state index is 12.6. The van der Waals surface area contributed by atoms with Crippen LogP contribution in [0.1, 0.15) is 29.8 Å². The number of hydrogen-bond donors (Lipinski definition) is 1. The van der Waals surface area contributed by atoms with E-state index in [4.69, 9.17) is 0 Å². The van der Waals surface area contributed by atoms with Crippen molar-refractivity contribution in [1.29, 1.82) is 0 Å². The van der Waals surface area contributed by atoms with E-state index >= 15 is 0 Å². The van der Waals surface area contributed by atoms with Crippen LogP contribution in [-0.4, -0.2) is 26.5 Å². The molecule has 27 heavy (non-hydrogen) atoms. The predicted octanol–water partition coefficient (Wildman–Crippen LogP) is 4.50. The number of benzene rings is 2. The van der Waals surface area contributed by atoms with Gasteiger partial charge in [0.1, 0.15) is 0 Å². The Bertz CT molecular complexity index is 981. The molecule has 3 rings (SSSR count). The van der Waals surface area contributed by atoms with E-state index in [1.54, 1.807) is 30.5 Å². The van der Waals surface area contributed by atoms with Gasteiger partial charge in [0.15, 0.2) is 10.9 Å². The number of aromatic nitrogens is 2. The van der Waals surface area contributed by atoms with Gasteiger partial charge in [-0.2, -0.15) is 0 Å². The molecule has 0 aliphatic heterocycles. The molecule has 1 amide bonds. The molecule has 1 aromatic heterocycles. The summed E-state index contributed by atoms with van der Waals surface area (Å²) in [5, 5.41) is 3.27. The number of carbonyl (C=O) groups is 2. The average Bonchev–Trinajstić information content (AvgIpc) is 3.10. The van der Waals surface area contributed by atoms with Crippen LogP contribution in [0.4, 0.5) is 5.69 Å². The Morgan fingerprint density at radius 2 is 1.93 bits per heavy atom. The minimum absolute atomic E-state index is 0.0335. The van der Waals surface area contributed by atoms with Crippen molar-refractivity contribution in [3.63, 3.8) is 0 Å². The first-order chi connectivity index (χ1) is 13.0. The number of amides is 1. The van der Waals surface area contributed by atoms with Gasteiger partial charge in [0, 0.05) is 23.6 Å². The van der Waals surface area contributed by atoms with Crippen LogP contribution in [0.15, 0.2) is 66.1 Å². The molecule has 0 radical (unpaired) electrons. The van der Waals surface area contributed by atoms with Crippen LogP contribution in [0.3, 0.4) is 0 Å². The van der Waals surface area contributed by atoms with E-state index in [0.717, 1.165) is 16.4 Å². The number of nitrogens with zero attached hydrogens (tertiary/aromatic N) is 2. The Morgan fingerprint density at radius 1 is 1.15 bits per heavy atom. The summed E-state index contributed by atoms with van der Waals surface area (Å²) < 4.78 is 1.99. The summed E-state index contributed by atoms with van der Waals surface area (Å²) in [5.74, 6) is -0.172. The van der Waals surface area contributed by atoms with E-state index < -0.39 is 0 Å². The van der Waals surface area contributed by atoms with Gasteiger partial charge in [-0.15, -0.1) is 0 Å². The van der Waals surface area contributed by atoms with Gasteiger partial charge in [-0.05, 0) is 44.5 Å². The Hall–Kier alpha value is -2.86. The van der Waals surface area contributed by atoms with Crippen LogP contribution in [0.25, 0.3) is 5.69 Å². The van der Waals surface area contributed by atoms with Gasteiger partial charge in [0.2, 0.25) is 5.91 Å². The largest absolute Gasteiger partial charge is 0.325 e. The molecular weight excluding hydrogens is 358 g/mol. The molecule has 0 bridgehead atoms. The van der Waals surface area contributed by atoms with Crippen molar-refractivity contribution in [2.75, 3.05) is 5.32 Å². The molecule has 5 nitrogen and oxygen atoms in total. The van der Waals surface area contributed by atoms with Crippen LogP contribution in [0, 0.1) is 6.92 Å². The topological polar surface area (TPSA) is 64.0 Å². The average molecular weight is 379 g/mol. The number of imidazole rings is 1. The molecule has 1 N–H and O–H groups in total. The van der Waals surface area contributed by atoms with Gasteiger partial charge in [0.05, 0.1) is 10.9 Å². The normalized spacial score (nSPS) is 11.8. The number of ketones is 1. The molecule has 0 aliphatic rings. The lowest BCUT2D eigenvalue weighted by atomic mass is 10.1. The van der Waals surface area contributed by atoms with E-state index in [1.165, 1.54) is 18.7 Å². The number of nitrogens with one attached hydrogen (secondary N) is 1. The van der Waals surface area contributed by atoms with Crippen molar-refractivity contribution in [2.45, 2.75) is 31.2 Å². The zero-order valence-electron chi connectivity index (χ0n) is 15.5. The molecule has 1 heterocycles. The predicted molar refractivity (Wildman–Crippen MR) is 109 cm³/mol. The molecule has 1 atom stereocenters. The third kappa shape index (κ3) is 4.46. The second-order valence-electron chi connectivity index (χ2n) is 6.25. The van der Waals surface area contributed by atoms with E-state index in [-0.39, 0.29) is 16.9 Å². The monoisotopic (exact) mass is 379 g/mol. The zero-order chi connectivity index (χ0) is 19.4. The minimum atomic E-state index is -0.351. The van der Waals surface area contributed by atoms with Gasteiger partial charge in [-0.3, -0.25) is 14.2 Å². The van der Waals surface area contributed by atoms with Crippen molar-refractivity contribution in [1.82, 2.24) is 9.55 Å². The highest BCUT2D eigenvalue weighted by atomic mass is 32.2. The SMILES string of the molecule is CC(=O)c1cccc(NC(=O)C(C)Sc2nccn2-c2ccccc2C)c1. The number of carbonyl (C=O) groups excluding carboxylic acids is 2. The quantitative estimate of drug-likeness (QED) is 0.506. The standard InChI is InChI=1S/C21H21N3O2S/c1-14-7-4-5-10-19(14)24-12-11-22-21(24)27-16(3)20(26)23-18-9-6-8-17(13-18)15(2)25/h4-13,16H,1-3H3,(H,23,26). The molecule has 1 unspecified atom stereocenters. The number of rotatable bonds is 6. The van der Waals surface area contributed by atoms with Gasteiger partial charge < -0.3 is 5.32 Å². The summed E-state index contributed by atoms with van der Waals surface area (Å²) in [6, 6.07) is 15.0. The minimum Gasteiger partial charge on any atom is -0.325 e. The van der Waals surface area contributed by atoms with Crippen molar-refractivity contribution >= 4 is 29.1 Å². The second kappa shape index (κ2) is 8.22. The fraction of sp³-hybridized carbons (Fsp3) is 0.190. The highest BCUT2D eigenvalue weighted by Gasteiger charge is 2.18. The van der Waals surface area contributed by atoms with Crippen molar-refractivity contribution in [2.24, 2.45) is 0 Å². The van der Waals surface area contributed by atoms with Crippen LogP contribution >= 0.6 is 11.8 Å². The van der Waals surface area contributed by atoms with Crippen LogP contribution in [0.2, 0.25) is 0 Å². The van der Waals surface area contributed by atoms with Crippen LogP contribution in [-0.2, 0) is 4.79 Å². The first-order valence-corrected chi connectivity index (χ1v) is 9.51. The molecule has 0 aliphatic carbocycles. The Balaban J connectivity index is 1.73. The molecule has 0 saturated carbocycles. The molecule has 3 aromatic rings. The smallest absolute Gasteiger partial charge is 0.237 e. The number of Topliss-reactive ketones (excluding diaryl/α,β-unsaturated/α-hetero) is 1. The van der Waals surface area contributed by atoms with Gasteiger partial charge >= 0.3 is 0 Å². The van der Waals surface area contributed by atoms with Crippen LogP contribution in [0.5, 0.6) is 0 Å². The zero-order valence-corrected chi connectivity index (χ0v) is 16.3. The Kier molecular flexibility index (Phi) is 5.76. The number of thioether (sulfide) groups is 1. The third-order valence-electron chi connectivity index (χ3n) is 4.17. The molecule has 6 heteroatoms. The summed E-state index contributed by atoms with van der Waals surface area (Å²) in [4.78, 5) is 28.5. The molecule has 0 saturated heterocycles. The highest BCUT2D eigenvalue weighted by molar-refractivity contribution is 8.00. The Labute approximate surface area is 162 Å². The first-order valence-electron chi connectivity index (χ1n) is 8.63. The Morgan fingerprint density at radius 3 is 2.67 bits per heavy atom. The maximum absolute atomic E-state index is 12.6. The number of anilines is 1. The maximum Gasteiger partial charge on any atom is 0.237 e. The lowest BCUT2D eigenvalue weighted by molar-refractivity contribution is -0.115. The van der Waals surface area contributed by atoms with Crippen LogP contribution < -0.4 is 5.32 Å². The second-order valence-corrected chi connectivity index (χ2v) is 7.56. The molecule has 0 fully saturated rings. The lowest BCUT2D eigenvalue weighted by Crippen LogP contribution is -2.23. The summed E-state index contributed by atoms with van der Waals surface area (Å²) in [6.07, 6.45) is 3.63. The molecular formula is C21H21N3O2S. The van der Waals surface area contributed by atoms with Gasteiger partial charge in [-0.25, -0.2) is 4.98 Å². The summed E-state index contributed by atoms with van der Waals surface area (Å²) in [7, 11) is 0. The number of hydrogen-bond acceptors (Lipinski definition) is 4. The van der Waals surface area contributed by atoms with E-state index in [0.29, 0.717) is 11.3 Å². The summed E-state index contributed by atoms with van der Waals surface area (Å²) in [6.45, 7) is 5.39. The van der Waals surface area contributed by atoms with Gasteiger partial charge in [0.25, 0.3) is 0 Å². The molecule has 138 valence electrons. The summed E-state index contributed by atoms with van der Waals surface area (Å²) >= 11 is 1.39. The molecule has 2 aromatic carbocycles. The van der Waals surface area contributed by atoms with E-state index in [2.05, 4.69) is 10.3 Å². The molecule has 0 spiro atoms. The van der Waals surface area contributed by atoms with Crippen molar-refractivity contribution < 1.29 is 9.59 Å². The van der Waals surface area contributed by atoms with E-state index in [1.807, 2.05) is 48.9 Å². The fourth-order valence-electron chi connectivity index (χ4n) is 2.67. The highest BCUT2D eigenvalue weighted by Crippen LogP contribution is 2.26. The van der Waals surface area contributed by atoms with Crippen molar-refractivity contribution in [3.05, 3.63) is 72.1 Å². The third-order valence-corrected chi connectivity index (χ3v) is 5.25. The number of para-hydroxylation sites is 1. The van der Waals surface area contributed by atoms with Gasteiger partial charge in [-0.1, -0.05) is 42.1 Å². The lowest BCUT2D eigenvalue weighted by Gasteiger charge is -2.14. The van der Waals surface area contributed by atoms with Crippen molar-refractivity contribution in [3.8, 4) is 5.69 Å². The van der Waals surface area contributed by atoms with E-state index in [9.17, 15) is 9.59 Å².